The Morgan fingerprint density at radius 2 is 2.19 bits per heavy atom. The molecule has 2 N–H and O–H groups in total. The Morgan fingerprint density at radius 1 is 1.48 bits per heavy atom. The lowest BCUT2D eigenvalue weighted by Crippen LogP contribution is -2.47. The van der Waals surface area contributed by atoms with E-state index in [0.29, 0.717) is 6.54 Å². The van der Waals surface area contributed by atoms with Gasteiger partial charge in [-0.15, -0.1) is 0 Å². The minimum absolute atomic E-state index is 0.128. The third kappa shape index (κ3) is 4.43. The van der Waals surface area contributed by atoms with Gasteiger partial charge in [0.2, 0.25) is 0 Å². The van der Waals surface area contributed by atoms with Crippen molar-refractivity contribution < 1.29 is 9.90 Å². The summed E-state index contributed by atoms with van der Waals surface area (Å²) in [6.45, 7) is 4.02. The summed E-state index contributed by atoms with van der Waals surface area (Å²) in [4.78, 5) is 18.4. The molecule has 21 heavy (non-hydrogen) atoms. The molecule has 1 unspecified atom stereocenters. The van der Waals surface area contributed by atoms with Gasteiger partial charge in [-0.3, -0.25) is 4.98 Å². The van der Waals surface area contributed by atoms with Crippen LogP contribution in [0.15, 0.2) is 18.5 Å². The second-order valence-corrected chi connectivity index (χ2v) is 5.91. The second-order valence-electron chi connectivity index (χ2n) is 5.91. The van der Waals surface area contributed by atoms with E-state index in [-0.39, 0.29) is 12.1 Å². The first kappa shape index (κ1) is 15.8. The minimum Gasteiger partial charge on any atom is -0.392 e. The number of hydrogen-bond acceptors (Lipinski definition) is 3. The summed E-state index contributed by atoms with van der Waals surface area (Å²) in [5, 5.41) is 12.6. The highest BCUT2D eigenvalue weighted by Crippen LogP contribution is 2.24. The molecule has 1 aliphatic carbocycles. The van der Waals surface area contributed by atoms with Crippen LogP contribution in [-0.4, -0.2) is 39.7 Å². The van der Waals surface area contributed by atoms with Gasteiger partial charge in [0.25, 0.3) is 0 Å². The molecule has 116 valence electrons. The SMILES string of the molecule is Cc1cnccc1NC(=O)N(CC(C)O)C1CCCCC1. The Bertz CT molecular complexity index is 470. The fourth-order valence-electron chi connectivity index (χ4n) is 2.88. The standard InChI is InChI=1S/C16H25N3O2/c1-12-10-17-9-8-15(12)18-16(21)19(11-13(2)20)14-6-4-3-5-7-14/h8-10,13-14,20H,3-7,11H2,1-2H3,(H,17,18,21). The van der Waals surface area contributed by atoms with Crippen molar-refractivity contribution in [2.45, 2.75) is 58.1 Å². The molecule has 1 aromatic heterocycles. The van der Waals surface area contributed by atoms with Crippen LogP contribution in [0.4, 0.5) is 10.5 Å². The van der Waals surface area contributed by atoms with Crippen LogP contribution in [0.2, 0.25) is 0 Å². The third-order valence-corrected chi connectivity index (χ3v) is 4.00. The van der Waals surface area contributed by atoms with Crippen LogP contribution in [0.3, 0.4) is 0 Å². The number of pyridine rings is 1. The summed E-state index contributed by atoms with van der Waals surface area (Å²) in [6, 6.07) is 1.90. The lowest BCUT2D eigenvalue weighted by molar-refractivity contribution is 0.105. The molecule has 1 atom stereocenters. The van der Waals surface area contributed by atoms with Crippen molar-refractivity contribution in [2.24, 2.45) is 0 Å². The Hall–Kier alpha value is -1.62. The number of carbonyl (C=O) groups excluding carboxylic acids is 1. The monoisotopic (exact) mass is 291 g/mol. The maximum absolute atomic E-state index is 12.6. The average molecular weight is 291 g/mol. The van der Waals surface area contributed by atoms with Crippen LogP contribution in [0, 0.1) is 6.92 Å². The van der Waals surface area contributed by atoms with Crippen molar-refractivity contribution in [1.82, 2.24) is 9.88 Å². The van der Waals surface area contributed by atoms with Gasteiger partial charge in [0.15, 0.2) is 0 Å². The van der Waals surface area contributed by atoms with Gasteiger partial charge < -0.3 is 15.3 Å². The number of anilines is 1. The quantitative estimate of drug-likeness (QED) is 0.896. The molecular weight excluding hydrogens is 266 g/mol. The van der Waals surface area contributed by atoms with Crippen molar-refractivity contribution >= 4 is 11.7 Å². The van der Waals surface area contributed by atoms with Crippen molar-refractivity contribution in [1.29, 1.82) is 0 Å². The molecule has 0 bridgehead atoms. The van der Waals surface area contributed by atoms with Gasteiger partial charge >= 0.3 is 6.03 Å². The molecule has 2 amide bonds. The lowest BCUT2D eigenvalue weighted by atomic mass is 9.94. The van der Waals surface area contributed by atoms with Crippen LogP contribution in [0.25, 0.3) is 0 Å². The number of urea groups is 1. The first-order valence-electron chi connectivity index (χ1n) is 7.74. The number of aromatic nitrogens is 1. The second kappa shape index (κ2) is 7.41. The predicted octanol–water partition coefficient (Wildman–Crippen LogP) is 2.94. The van der Waals surface area contributed by atoms with Gasteiger partial charge in [0, 0.05) is 30.7 Å². The Kier molecular flexibility index (Phi) is 5.56. The van der Waals surface area contributed by atoms with Gasteiger partial charge in [0.05, 0.1) is 6.10 Å². The van der Waals surface area contributed by atoms with E-state index in [9.17, 15) is 9.90 Å². The van der Waals surface area contributed by atoms with Crippen LogP contribution in [-0.2, 0) is 0 Å². The van der Waals surface area contributed by atoms with Crippen LogP contribution in [0.5, 0.6) is 0 Å². The van der Waals surface area contributed by atoms with Crippen molar-refractivity contribution in [3.63, 3.8) is 0 Å². The normalized spacial score (nSPS) is 17.3. The summed E-state index contributed by atoms with van der Waals surface area (Å²) in [5.74, 6) is 0. The maximum Gasteiger partial charge on any atom is 0.322 e. The topological polar surface area (TPSA) is 65.5 Å². The lowest BCUT2D eigenvalue weighted by Gasteiger charge is -2.35. The van der Waals surface area contributed by atoms with Crippen LogP contribution >= 0.6 is 0 Å². The molecule has 0 aromatic carbocycles. The van der Waals surface area contributed by atoms with Gasteiger partial charge in [-0.2, -0.15) is 0 Å². The number of hydrogen-bond donors (Lipinski definition) is 2. The van der Waals surface area contributed by atoms with Crippen molar-refractivity contribution in [3.8, 4) is 0 Å². The molecule has 1 heterocycles. The number of carbonyl (C=O) groups is 1. The van der Waals surface area contributed by atoms with Crippen molar-refractivity contribution in [2.75, 3.05) is 11.9 Å². The zero-order valence-electron chi connectivity index (χ0n) is 12.9. The fraction of sp³-hybridized carbons (Fsp3) is 0.625. The highest BCUT2D eigenvalue weighted by Gasteiger charge is 2.26. The highest BCUT2D eigenvalue weighted by atomic mass is 16.3. The van der Waals surface area contributed by atoms with Gasteiger partial charge in [-0.05, 0) is 38.3 Å². The van der Waals surface area contributed by atoms with Crippen LogP contribution < -0.4 is 5.32 Å². The van der Waals surface area contributed by atoms with E-state index in [1.807, 2.05) is 6.92 Å². The molecule has 1 aliphatic rings. The molecule has 1 fully saturated rings. The van der Waals surface area contributed by atoms with E-state index in [1.54, 1.807) is 30.3 Å². The number of aliphatic hydroxyl groups is 1. The molecule has 5 nitrogen and oxygen atoms in total. The molecule has 2 rings (SSSR count). The first-order valence-corrected chi connectivity index (χ1v) is 7.74. The average Bonchev–Trinajstić information content (AvgIpc) is 2.48. The molecule has 1 saturated carbocycles. The molecular formula is C16H25N3O2. The Labute approximate surface area is 126 Å². The largest absolute Gasteiger partial charge is 0.392 e. The Balaban J connectivity index is 2.08. The maximum atomic E-state index is 12.6. The summed E-state index contributed by atoms with van der Waals surface area (Å²) in [6.07, 6.45) is 8.48. The Morgan fingerprint density at radius 3 is 2.81 bits per heavy atom. The van der Waals surface area contributed by atoms with E-state index in [1.165, 1.54) is 6.42 Å². The highest BCUT2D eigenvalue weighted by molar-refractivity contribution is 5.90. The fourth-order valence-corrected chi connectivity index (χ4v) is 2.88. The van der Waals surface area contributed by atoms with E-state index in [0.717, 1.165) is 36.9 Å². The van der Waals surface area contributed by atoms with E-state index in [2.05, 4.69) is 10.3 Å². The van der Waals surface area contributed by atoms with Crippen molar-refractivity contribution in [3.05, 3.63) is 24.0 Å². The van der Waals surface area contributed by atoms with Gasteiger partial charge in [0.1, 0.15) is 0 Å². The molecule has 1 aromatic rings. The van der Waals surface area contributed by atoms with E-state index in [4.69, 9.17) is 0 Å². The van der Waals surface area contributed by atoms with Crippen LogP contribution in [0.1, 0.15) is 44.6 Å². The third-order valence-electron chi connectivity index (χ3n) is 4.00. The summed E-state index contributed by atoms with van der Waals surface area (Å²) in [5.41, 5.74) is 1.72. The van der Waals surface area contributed by atoms with Gasteiger partial charge in [-0.25, -0.2) is 4.79 Å². The molecule has 0 saturated heterocycles. The number of amides is 2. The summed E-state index contributed by atoms with van der Waals surface area (Å²) < 4.78 is 0. The number of aliphatic hydroxyl groups excluding tert-OH is 1. The minimum atomic E-state index is -0.517. The summed E-state index contributed by atoms with van der Waals surface area (Å²) >= 11 is 0. The van der Waals surface area contributed by atoms with E-state index >= 15 is 0 Å². The van der Waals surface area contributed by atoms with Gasteiger partial charge in [-0.1, -0.05) is 19.3 Å². The zero-order valence-corrected chi connectivity index (χ0v) is 12.9. The first-order chi connectivity index (χ1) is 10.1. The molecule has 5 heteroatoms. The number of rotatable bonds is 4. The number of nitrogens with zero attached hydrogens (tertiary/aromatic N) is 2. The van der Waals surface area contributed by atoms with E-state index < -0.39 is 6.10 Å². The predicted molar refractivity (Wildman–Crippen MR) is 83.3 cm³/mol. The molecule has 0 radical (unpaired) electrons. The smallest absolute Gasteiger partial charge is 0.322 e. The summed E-state index contributed by atoms with van der Waals surface area (Å²) in [7, 11) is 0. The number of nitrogens with one attached hydrogen (secondary N) is 1. The molecule has 0 aliphatic heterocycles. The zero-order chi connectivity index (χ0) is 15.2. The number of aryl methyl sites for hydroxylation is 1. The molecule has 0 spiro atoms.